The largest absolute Gasteiger partial charge is 0.332 e. The molecule has 0 fully saturated rings. The first-order valence-electron chi connectivity index (χ1n) is 8.72. The van der Waals surface area contributed by atoms with Crippen molar-refractivity contribution in [3.8, 4) is 11.3 Å². The zero-order chi connectivity index (χ0) is 20.2. The van der Waals surface area contributed by atoms with Crippen molar-refractivity contribution in [3.05, 3.63) is 93.8 Å². The molecule has 0 aliphatic carbocycles. The van der Waals surface area contributed by atoms with Gasteiger partial charge in [0, 0.05) is 37.9 Å². The minimum Gasteiger partial charge on any atom is -0.332 e. The van der Waals surface area contributed by atoms with Gasteiger partial charge in [-0.15, -0.1) is 11.3 Å². The van der Waals surface area contributed by atoms with Crippen LogP contribution in [0.3, 0.4) is 0 Å². The van der Waals surface area contributed by atoms with Crippen molar-refractivity contribution in [2.75, 3.05) is 10.6 Å². The normalized spacial score (nSPS) is 10.6. The van der Waals surface area contributed by atoms with Crippen molar-refractivity contribution in [2.24, 2.45) is 0 Å². The van der Waals surface area contributed by atoms with Crippen LogP contribution < -0.4 is 10.6 Å². The van der Waals surface area contributed by atoms with E-state index in [1.165, 1.54) is 11.3 Å². The number of nitrogens with zero attached hydrogens (tertiary/aromatic N) is 1. The van der Waals surface area contributed by atoms with Crippen LogP contribution in [0.4, 0.5) is 16.5 Å². The standard InChI is InChI=1S/C22H15Cl2N3OS/c23-16-6-4-14(5-7-16)21(28)25-19-3-1-2-15(12-19)20-13-29-22(27-20)26-18-10-8-17(24)9-11-18/h1-13H,(H,25,28)(H,26,27). The third-order valence-electron chi connectivity index (χ3n) is 4.12. The van der Waals surface area contributed by atoms with Crippen molar-refractivity contribution >= 4 is 57.0 Å². The fraction of sp³-hybridized carbons (Fsp3) is 0. The van der Waals surface area contributed by atoms with Gasteiger partial charge in [-0.1, -0.05) is 35.3 Å². The lowest BCUT2D eigenvalue weighted by atomic mass is 10.1. The predicted octanol–water partition coefficient (Wildman–Crippen LogP) is 7.11. The lowest BCUT2D eigenvalue weighted by molar-refractivity contribution is 0.102. The average molecular weight is 440 g/mol. The van der Waals surface area contributed by atoms with Crippen LogP contribution in [-0.2, 0) is 0 Å². The van der Waals surface area contributed by atoms with Crippen molar-refractivity contribution < 1.29 is 4.79 Å². The maximum absolute atomic E-state index is 12.4. The Balaban J connectivity index is 1.48. The monoisotopic (exact) mass is 439 g/mol. The molecule has 4 aromatic rings. The molecule has 29 heavy (non-hydrogen) atoms. The van der Waals surface area contributed by atoms with Gasteiger partial charge < -0.3 is 10.6 Å². The minimum absolute atomic E-state index is 0.192. The Morgan fingerprint density at radius 2 is 1.55 bits per heavy atom. The van der Waals surface area contributed by atoms with Gasteiger partial charge in [-0.2, -0.15) is 0 Å². The van der Waals surface area contributed by atoms with Gasteiger partial charge in [-0.05, 0) is 60.7 Å². The number of hydrogen-bond acceptors (Lipinski definition) is 4. The number of hydrogen-bond donors (Lipinski definition) is 2. The SMILES string of the molecule is O=C(Nc1cccc(-c2csc(Nc3ccc(Cl)cc3)n2)c1)c1ccc(Cl)cc1. The summed E-state index contributed by atoms with van der Waals surface area (Å²) >= 11 is 13.3. The number of amides is 1. The molecule has 0 aliphatic rings. The molecule has 1 heterocycles. The lowest BCUT2D eigenvalue weighted by Gasteiger charge is -2.07. The smallest absolute Gasteiger partial charge is 0.255 e. The average Bonchev–Trinajstić information content (AvgIpc) is 3.19. The number of carbonyl (C=O) groups is 1. The molecule has 0 unspecified atom stereocenters. The van der Waals surface area contributed by atoms with Crippen molar-refractivity contribution in [1.82, 2.24) is 4.98 Å². The van der Waals surface area contributed by atoms with Gasteiger partial charge >= 0.3 is 0 Å². The molecule has 0 spiro atoms. The molecule has 7 heteroatoms. The summed E-state index contributed by atoms with van der Waals surface area (Å²) in [7, 11) is 0. The number of thiazole rings is 1. The van der Waals surface area contributed by atoms with Crippen LogP contribution >= 0.6 is 34.5 Å². The van der Waals surface area contributed by atoms with Gasteiger partial charge in [0.05, 0.1) is 5.69 Å². The van der Waals surface area contributed by atoms with Gasteiger partial charge in [0.25, 0.3) is 5.91 Å². The van der Waals surface area contributed by atoms with Crippen LogP contribution in [0.5, 0.6) is 0 Å². The summed E-state index contributed by atoms with van der Waals surface area (Å²) in [6.07, 6.45) is 0. The van der Waals surface area contributed by atoms with Gasteiger partial charge in [-0.25, -0.2) is 4.98 Å². The molecule has 1 aromatic heterocycles. The summed E-state index contributed by atoms with van der Waals surface area (Å²) in [6, 6.07) is 21.8. The first-order valence-corrected chi connectivity index (χ1v) is 10.4. The third kappa shape index (κ3) is 4.95. The number of anilines is 3. The number of nitrogens with one attached hydrogen (secondary N) is 2. The van der Waals surface area contributed by atoms with Gasteiger partial charge in [-0.3, -0.25) is 4.79 Å². The van der Waals surface area contributed by atoms with E-state index in [0.717, 1.165) is 22.1 Å². The molecule has 3 aromatic carbocycles. The van der Waals surface area contributed by atoms with Crippen molar-refractivity contribution in [2.45, 2.75) is 0 Å². The third-order valence-corrected chi connectivity index (χ3v) is 5.38. The van der Waals surface area contributed by atoms with E-state index >= 15 is 0 Å². The molecule has 4 rings (SSSR count). The van der Waals surface area contributed by atoms with E-state index in [4.69, 9.17) is 23.2 Å². The Bertz CT molecular complexity index is 1140. The quantitative estimate of drug-likeness (QED) is 0.348. The van der Waals surface area contributed by atoms with E-state index in [-0.39, 0.29) is 5.91 Å². The summed E-state index contributed by atoms with van der Waals surface area (Å²) in [6.45, 7) is 0. The second-order valence-corrected chi connectivity index (χ2v) is 7.94. The second kappa shape index (κ2) is 8.66. The molecule has 144 valence electrons. The Labute approximate surface area is 182 Å². The molecule has 2 N–H and O–H groups in total. The van der Waals surface area contributed by atoms with E-state index in [0.29, 0.717) is 21.3 Å². The highest BCUT2D eigenvalue weighted by molar-refractivity contribution is 7.14. The van der Waals surface area contributed by atoms with Gasteiger partial charge in [0.2, 0.25) is 0 Å². The van der Waals surface area contributed by atoms with E-state index in [1.807, 2.05) is 53.9 Å². The Morgan fingerprint density at radius 1 is 0.862 bits per heavy atom. The van der Waals surface area contributed by atoms with Crippen molar-refractivity contribution in [1.29, 1.82) is 0 Å². The lowest BCUT2D eigenvalue weighted by Crippen LogP contribution is -2.11. The van der Waals surface area contributed by atoms with Crippen LogP contribution in [0.1, 0.15) is 10.4 Å². The molecule has 0 radical (unpaired) electrons. The summed E-state index contributed by atoms with van der Waals surface area (Å²) in [4.78, 5) is 17.1. The van der Waals surface area contributed by atoms with E-state index in [9.17, 15) is 4.79 Å². The summed E-state index contributed by atoms with van der Waals surface area (Å²) in [5.74, 6) is -0.192. The Kier molecular flexibility index (Phi) is 5.81. The number of benzene rings is 3. The first-order chi connectivity index (χ1) is 14.1. The van der Waals surface area contributed by atoms with Crippen molar-refractivity contribution in [3.63, 3.8) is 0 Å². The van der Waals surface area contributed by atoms with Crippen LogP contribution in [0, 0.1) is 0 Å². The van der Waals surface area contributed by atoms with Gasteiger partial charge in [0.1, 0.15) is 0 Å². The maximum Gasteiger partial charge on any atom is 0.255 e. The van der Waals surface area contributed by atoms with E-state index in [1.54, 1.807) is 24.3 Å². The molecule has 0 saturated carbocycles. The van der Waals surface area contributed by atoms with Crippen LogP contribution in [0.2, 0.25) is 10.0 Å². The molecule has 0 bridgehead atoms. The highest BCUT2D eigenvalue weighted by Crippen LogP contribution is 2.29. The van der Waals surface area contributed by atoms with Gasteiger partial charge in [0.15, 0.2) is 5.13 Å². The Morgan fingerprint density at radius 3 is 2.28 bits per heavy atom. The fourth-order valence-electron chi connectivity index (χ4n) is 2.68. The minimum atomic E-state index is -0.192. The number of carbonyl (C=O) groups excluding carboxylic acids is 1. The topological polar surface area (TPSA) is 54.0 Å². The Hall–Kier alpha value is -2.86. The number of rotatable bonds is 5. The van der Waals surface area contributed by atoms with Crippen LogP contribution in [0.25, 0.3) is 11.3 Å². The zero-order valence-electron chi connectivity index (χ0n) is 15.0. The first kappa shape index (κ1) is 19.5. The maximum atomic E-state index is 12.4. The number of halogens is 2. The molecular weight excluding hydrogens is 425 g/mol. The summed E-state index contributed by atoms with van der Waals surface area (Å²) < 4.78 is 0. The molecule has 4 nitrogen and oxygen atoms in total. The zero-order valence-corrected chi connectivity index (χ0v) is 17.4. The highest BCUT2D eigenvalue weighted by Gasteiger charge is 2.09. The molecular formula is C22H15Cl2N3OS. The molecule has 1 amide bonds. The molecule has 0 aliphatic heterocycles. The van der Waals surface area contributed by atoms with Crippen LogP contribution in [-0.4, -0.2) is 10.9 Å². The molecule has 0 atom stereocenters. The summed E-state index contributed by atoms with van der Waals surface area (Å²) in [5, 5.41) is 10.2. The highest BCUT2D eigenvalue weighted by atomic mass is 35.5. The van der Waals surface area contributed by atoms with E-state index < -0.39 is 0 Å². The number of aromatic nitrogens is 1. The predicted molar refractivity (Wildman–Crippen MR) is 122 cm³/mol. The van der Waals surface area contributed by atoms with Crippen LogP contribution in [0.15, 0.2) is 78.2 Å². The summed E-state index contributed by atoms with van der Waals surface area (Å²) in [5.41, 5.74) is 3.90. The fourth-order valence-corrected chi connectivity index (χ4v) is 3.67. The van der Waals surface area contributed by atoms with E-state index in [2.05, 4.69) is 15.6 Å². The molecule has 0 saturated heterocycles. The second-order valence-electron chi connectivity index (χ2n) is 6.21.